The van der Waals surface area contributed by atoms with Crippen molar-refractivity contribution >= 4 is 39.2 Å². The molecule has 0 bridgehead atoms. The zero-order valence-electron chi connectivity index (χ0n) is 15.6. The molecule has 0 N–H and O–H groups in total. The summed E-state index contributed by atoms with van der Waals surface area (Å²) in [6.07, 6.45) is 2.35. The number of hydrogen-bond acceptors (Lipinski definition) is 3. The smallest absolute Gasteiger partial charge is 0.249 e. The summed E-state index contributed by atoms with van der Waals surface area (Å²) in [5.41, 5.74) is 2.44. The van der Waals surface area contributed by atoms with Gasteiger partial charge in [0, 0.05) is 23.6 Å². The van der Waals surface area contributed by atoms with Gasteiger partial charge in [-0.15, -0.1) is 11.8 Å². The first-order valence-corrected chi connectivity index (χ1v) is 11.0. The van der Waals surface area contributed by atoms with E-state index >= 15 is 0 Å². The molecule has 0 spiro atoms. The largest absolute Gasteiger partial charge is 0.316 e. The van der Waals surface area contributed by atoms with Crippen LogP contribution in [0.2, 0.25) is 0 Å². The highest BCUT2D eigenvalue weighted by atomic mass is 32.2. The molecule has 0 aliphatic rings. The summed E-state index contributed by atoms with van der Waals surface area (Å²) in [6, 6.07) is 12.8. The molecule has 0 fully saturated rings. The van der Waals surface area contributed by atoms with Gasteiger partial charge in [-0.2, -0.15) is 4.99 Å². The van der Waals surface area contributed by atoms with Gasteiger partial charge in [-0.3, -0.25) is 4.79 Å². The van der Waals surface area contributed by atoms with Gasteiger partial charge in [0.05, 0.1) is 10.2 Å². The number of thioether (sulfide) groups is 1. The van der Waals surface area contributed by atoms with Crippen LogP contribution >= 0.6 is 23.1 Å². The molecule has 2 aromatic carbocycles. The minimum absolute atomic E-state index is 0.114. The van der Waals surface area contributed by atoms with Crippen LogP contribution in [0.3, 0.4) is 0 Å². The Balaban J connectivity index is 1.76. The third kappa shape index (κ3) is 5.08. The Hall–Kier alpha value is -1.92. The zero-order valence-corrected chi connectivity index (χ0v) is 17.2. The lowest BCUT2D eigenvalue weighted by Crippen LogP contribution is -2.16. The highest BCUT2D eigenvalue weighted by Crippen LogP contribution is 2.21. The van der Waals surface area contributed by atoms with Crippen molar-refractivity contribution in [3.8, 4) is 0 Å². The van der Waals surface area contributed by atoms with Gasteiger partial charge in [0.15, 0.2) is 4.80 Å². The third-order valence-corrected chi connectivity index (χ3v) is 6.28. The van der Waals surface area contributed by atoms with Crippen LogP contribution in [-0.2, 0) is 17.8 Å². The van der Waals surface area contributed by atoms with Crippen molar-refractivity contribution in [3.63, 3.8) is 0 Å². The second-order valence-corrected chi connectivity index (χ2v) is 8.43. The summed E-state index contributed by atoms with van der Waals surface area (Å²) < 4.78 is 16.3. The lowest BCUT2D eigenvalue weighted by molar-refractivity contribution is -0.117. The predicted octanol–water partition coefficient (Wildman–Crippen LogP) is 5.42. The van der Waals surface area contributed by atoms with Gasteiger partial charge in [-0.05, 0) is 54.8 Å². The molecule has 0 aliphatic carbocycles. The Morgan fingerprint density at radius 2 is 1.96 bits per heavy atom. The molecule has 27 heavy (non-hydrogen) atoms. The molecular weight excluding hydrogens is 379 g/mol. The van der Waals surface area contributed by atoms with Crippen molar-refractivity contribution in [2.45, 2.75) is 44.6 Å². The summed E-state index contributed by atoms with van der Waals surface area (Å²) in [5.74, 6) is 0.269. The number of halogens is 1. The fourth-order valence-electron chi connectivity index (χ4n) is 2.81. The van der Waals surface area contributed by atoms with Gasteiger partial charge in [-0.25, -0.2) is 4.39 Å². The second-order valence-electron chi connectivity index (χ2n) is 6.25. The molecule has 1 heterocycles. The van der Waals surface area contributed by atoms with Crippen molar-refractivity contribution < 1.29 is 9.18 Å². The molecule has 3 aromatic rings. The number of thiazole rings is 1. The van der Waals surface area contributed by atoms with Gasteiger partial charge < -0.3 is 4.57 Å². The molecule has 0 unspecified atom stereocenters. The maximum atomic E-state index is 12.9. The van der Waals surface area contributed by atoms with Gasteiger partial charge in [0.1, 0.15) is 5.82 Å². The summed E-state index contributed by atoms with van der Waals surface area (Å²) in [7, 11) is 0. The Labute approximate surface area is 167 Å². The number of nitrogens with zero attached hydrogens (tertiary/aromatic N) is 2. The average molecular weight is 403 g/mol. The molecule has 6 heteroatoms. The highest BCUT2D eigenvalue weighted by Gasteiger charge is 2.08. The van der Waals surface area contributed by atoms with Crippen LogP contribution in [-0.4, -0.2) is 16.2 Å². The highest BCUT2D eigenvalue weighted by molar-refractivity contribution is 7.99. The minimum atomic E-state index is -0.248. The SMILES string of the molecule is CCCn1c(=NC(=O)CCSc2ccc(F)cc2)sc2cc(CC)ccc21. The topological polar surface area (TPSA) is 34.4 Å². The molecule has 142 valence electrons. The normalized spacial score (nSPS) is 12.0. The zero-order chi connectivity index (χ0) is 19.2. The average Bonchev–Trinajstić information content (AvgIpc) is 3.00. The van der Waals surface area contributed by atoms with E-state index in [2.05, 4.69) is 41.6 Å². The molecule has 1 amide bonds. The molecule has 0 saturated heterocycles. The minimum Gasteiger partial charge on any atom is -0.316 e. The van der Waals surface area contributed by atoms with Crippen molar-refractivity contribution in [1.29, 1.82) is 0 Å². The van der Waals surface area contributed by atoms with Crippen LogP contribution in [0, 0.1) is 5.82 Å². The van der Waals surface area contributed by atoms with Crippen LogP contribution < -0.4 is 4.80 Å². The van der Waals surface area contributed by atoms with E-state index in [1.165, 1.54) is 22.4 Å². The Morgan fingerprint density at radius 3 is 2.67 bits per heavy atom. The summed E-state index contributed by atoms with van der Waals surface area (Å²) in [5, 5.41) is 0. The lowest BCUT2D eigenvalue weighted by Gasteiger charge is -2.03. The molecular formula is C21H23FN2OS2. The first kappa shape index (κ1) is 19.8. The van der Waals surface area contributed by atoms with Crippen molar-refractivity contribution in [3.05, 3.63) is 58.6 Å². The Kier molecular flexibility index (Phi) is 6.85. The number of aryl methyl sites for hydroxylation is 2. The molecule has 0 radical (unpaired) electrons. The maximum absolute atomic E-state index is 12.9. The monoisotopic (exact) mass is 402 g/mol. The first-order valence-electron chi connectivity index (χ1n) is 9.19. The van der Waals surface area contributed by atoms with E-state index in [1.54, 1.807) is 35.2 Å². The fourth-order valence-corrected chi connectivity index (χ4v) is 4.79. The van der Waals surface area contributed by atoms with E-state index in [0.717, 1.165) is 34.6 Å². The molecule has 1 aromatic heterocycles. The van der Waals surface area contributed by atoms with E-state index in [-0.39, 0.29) is 11.7 Å². The quantitative estimate of drug-likeness (QED) is 0.494. The van der Waals surface area contributed by atoms with E-state index in [0.29, 0.717) is 12.2 Å². The second kappa shape index (κ2) is 9.33. The van der Waals surface area contributed by atoms with Crippen molar-refractivity contribution in [2.75, 3.05) is 5.75 Å². The fraction of sp³-hybridized carbons (Fsp3) is 0.333. The summed E-state index contributed by atoms with van der Waals surface area (Å²) in [6.45, 7) is 5.12. The van der Waals surface area contributed by atoms with E-state index in [1.807, 2.05) is 0 Å². The third-order valence-electron chi connectivity index (χ3n) is 4.22. The van der Waals surface area contributed by atoms with Gasteiger partial charge >= 0.3 is 0 Å². The summed E-state index contributed by atoms with van der Waals surface area (Å²) in [4.78, 5) is 18.5. The van der Waals surface area contributed by atoms with E-state index in [4.69, 9.17) is 0 Å². The van der Waals surface area contributed by atoms with Crippen LogP contribution in [0.5, 0.6) is 0 Å². The van der Waals surface area contributed by atoms with Crippen LogP contribution in [0.15, 0.2) is 52.4 Å². The molecule has 0 saturated carbocycles. The number of carbonyl (C=O) groups is 1. The Bertz CT molecular complexity index is 990. The number of fused-ring (bicyclic) bond motifs is 1. The number of aromatic nitrogens is 1. The summed E-state index contributed by atoms with van der Waals surface area (Å²) >= 11 is 3.12. The number of benzene rings is 2. The predicted molar refractivity (Wildman–Crippen MR) is 112 cm³/mol. The van der Waals surface area contributed by atoms with Crippen molar-refractivity contribution in [1.82, 2.24) is 4.57 Å². The van der Waals surface area contributed by atoms with Crippen molar-refractivity contribution in [2.24, 2.45) is 4.99 Å². The molecule has 3 nitrogen and oxygen atoms in total. The number of carbonyl (C=O) groups excluding carboxylic acids is 1. The van der Waals surface area contributed by atoms with Crippen LogP contribution in [0.4, 0.5) is 4.39 Å². The van der Waals surface area contributed by atoms with Crippen LogP contribution in [0.25, 0.3) is 10.2 Å². The Morgan fingerprint density at radius 1 is 1.19 bits per heavy atom. The van der Waals surface area contributed by atoms with E-state index in [9.17, 15) is 9.18 Å². The van der Waals surface area contributed by atoms with Gasteiger partial charge in [0.2, 0.25) is 5.91 Å². The molecule has 0 atom stereocenters. The maximum Gasteiger partial charge on any atom is 0.249 e. The lowest BCUT2D eigenvalue weighted by atomic mass is 10.2. The van der Waals surface area contributed by atoms with Gasteiger partial charge in [0.25, 0.3) is 0 Å². The van der Waals surface area contributed by atoms with Crippen LogP contribution in [0.1, 0.15) is 32.3 Å². The molecule has 3 rings (SSSR count). The number of hydrogen-bond donors (Lipinski definition) is 0. The van der Waals surface area contributed by atoms with E-state index < -0.39 is 0 Å². The first-order chi connectivity index (χ1) is 13.1. The van der Waals surface area contributed by atoms with Gasteiger partial charge in [-0.1, -0.05) is 31.3 Å². The standard InChI is InChI=1S/C21H23FN2OS2/c1-3-12-24-18-10-5-15(4-2)14-19(18)27-21(24)23-20(25)11-13-26-17-8-6-16(22)7-9-17/h5-10,14H,3-4,11-13H2,1-2H3. The number of amides is 1. The number of rotatable bonds is 7. The molecule has 0 aliphatic heterocycles.